The van der Waals surface area contributed by atoms with Gasteiger partial charge in [0.25, 0.3) is 0 Å². The van der Waals surface area contributed by atoms with Crippen LogP contribution in [-0.4, -0.2) is 47.0 Å². The van der Waals surface area contributed by atoms with Crippen LogP contribution in [0, 0.1) is 17.6 Å². The molecule has 0 saturated carbocycles. The first kappa shape index (κ1) is 28.2. The van der Waals surface area contributed by atoms with Crippen molar-refractivity contribution in [3.8, 4) is 11.5 Å². The molecule has 43 heavy (non-hydrogen) atoms. The molecule has 3 N–H and O–H groups in total. The number of rotatable bonds is 8. The summed E-state index contributed by atoms with van der Waals surface area (Å²) in [7, 11) is 0. The molecule has 0 radical (unpaired) electrons. The normalized spacial score (nSPS) is 15.1. The van der Waals surface area contributed by atoms with Gasteiger partial charge in [0.15, 0.2) is 11.5 Å². The van der Waals surface area contributed by atoms with E-state index in [2.05, 4.69) is 15.6 Å². The average molecular weight is 589 g/mol. The minimum atomic E-state index is -1.17. The average Bonchev–Trinajstić information content (AvgIpc) is 3.65. The number of H-pyrrole nitrogens is 1. The molecular weight excluding hydrogens is 558 g/mol. The molecule has 0 aliphatic carbocycles. The van der Waals surface area contributed by atoms with E-state index in [0.29, 0.717) is 31.0 Å². The zero-order chi connectivity index (χ0) is 30.1. The lowest BCUT2D eigenvalue weighted by molar-refractivity contribution is -0.140. The molecule has 11 heteroatoms. The van der Waals surface area contributed by atoms with E-state index >= 15 is 0 Å². The molecule has 3 amide bonds. The second-order valence-electron chi connectivity index (χ2n) is 10.8. The standard InChI is InChI=1S/C32H30F2N4O5/c1-18(30(39)36-14-19-10-22(33)13-23(34)11-19)31(40)37-27(12-21-15-35-26-5-3-2-4-24(21)26)32(41)38-9-8-20-6-7-28-29(25(20)16-38)43-17-42-28/h2-7,10-11,13,15,18,27,35H,8-9,12,14,16-17H2,1H3,(H,36,39)(H,37,40). The zero-order valence-corrected chi connectivity index (χ0v) is 23.4. The predicted molar refractivity (Wildman–Crippen MR) is 153 cm³/mol. The number of para-hydroxylation sites is 1. The summed E-state index contributed by atoms with van der Waals surface area (Å²) in [6, 6.07) is 13.5. The number of ether oxygens (including phenoxy) is 2. The topological polar surface area (TPSA) is 113 Å². The summed E-state index contributed by atoms with van der Waals surface area (Å²) >= 11 is 0. The van der Waals surface area contributed by atoms with Gasteiger partial charge < -0.3 is 30.0 Å². The molecule has 0 saturated heterocycles. The molecule has 2 aliphatic heterocycles. The van der Waals surface area contributed by atoms with Gasteiger partial charge in [-0.25, -0.2) is 8.78 Å². The van der Waals surface area contributed by atoms with Crippen LogP contribution in [0.15, 0.2) is 60.8 Å². The highest BCUT2D eigenvalue weighted by molar-refractivity contribution is 6.01. The highest BCUT2D eigenvalue weighted by Crippen LogP contribution is 2.40. The zero-order valence-electron chi connectivity index (χ0n) is 23.4. The maximum Gasteiger partial charge on any atom is 0.245 e. The number of halogens is 2. The molecule has 3 heterocycles. The Kier molecular flexibility index (Phi) is 7.71. The summed E-state index contributed by atoms with van der Waals surface area (Å²) < 4.78 is 38.3. The van der Waals surface area contributed by atoms with Crippen LogP contribution in [0.1, 0.15) is 29.2 Å². The molecule has 0 spiro atoms. The third-order valence-corrected chi connectivity index (χ3v) is 7.94. The second kappa shape index (κ2) is 11.7. The van der Waals surface area contributed by atoms with E-state index in [0.717, 1.165) is 45.8 Å². The lowest BCUT2D eigenvalue weighted by Gasteiger charge is -2.33. The van der Waals surface area contributed by atoms with Gasteiger partial charge in [-0.15, -0.1) is 0 Å². The lowest BCUT2D eigenvalue weighted by atomic mass is 9.96. The van der Waals surface area contributed by atoms with Gasteiger partial charge in [0.05, 0.1) is 0 Å². The summed E-state index contributed by atoms with van der Waals surface area (Å²) in [5.41, 5.74) is 3.92. The number of hydrogen-bond acceptors (Lipinski definition) is 5. The van der Waals surface area contributed by atoms with Crippen LogP contribution in [0.2, 0.25) is 0 Å². The Balaban J connectivity index is 1.20. The van der Waals surface area contributed by atoms with Crippen LogP contribution in [0.3, 0.4) is 0 Å². The predicted octanol–water partition coefficient (Wildman–Crippen LogP) is 3.74. The summed E-state index contributed by atoms with van der Waals surface area (Å²) in [6.07, 6.45) is 2.63. The number of benzene rings is 3. The molecule has 222 valence electrons. The second-order valence-corrected chi connectivity index (χ2v) is 10.8. The SMILES string of the molecule is CC(C(=O)NCc1cc(F)cc(F)c1)C(=O)NC(Cc1c[nH]c2ccccc12)C(=O)N1CCc2ccc3c(c2C1)OCO3. The molecule has 4 aromatic rings. The van der Waals surface area contributed by atoms with E-state index in [-0.39, 0.29) is 31.2 Å². The maximum atomic E-state index is 14.0. The fourth-order valence-corrected chi connectivity index (χ4v) is 5.60. The Morgan fingerprint density at radius 3 is 2.63 bits per heavy atom. The Morgan fingerprint density at radius 2 is 1.81 bits per heavy atom. The number of aromatic amines is 1. The number of carbonyl (C=O) groups excluding carboxylic acids is 3. The van der Waals surface area contributed by atoms with E-state index in [4.69, 9.17) is 9.47 Å². The van der Waals surface area contributed by atoms with Gasteiger partial charge in [-0.3, -0.25) is 14.4 Å². The summed E-state index contributed by atoms with van der Waals surface area (Å²) in [6.45, 7) is 2.12. The van der Waals surface area contributed by atoms with Gasteiger partial charge in [0, 0.05) is 54.8 Å². The van der Waals surface area contributed by atoms with Crippen molar-refractivity contribution in [2.24, 2.45) is 5.92 Å². The molecule has 2 unspecified atom stereocenters. The third-order valence-electron chi connectivity index (χ3n) is 7.94. The molecule has 2 aliphatic rings. The number of aromatic nitrogens is 1. The van der Waals surface area contributed by atoms with Crippen molar-refractivity contribution >= 4 is 28.6 Å². The van der Waals surface area contributed by atoms with Gasteiger partial charge in [0.2, 0.25) is 24.5 Å². The summed E-state index contributed by atoms with van der Waals surface area (Å²) in [4.78, 5) is 45.1. The summed E-state index contributed by atoms with van der Waals surface area (Å²) in [5, 5.41) is 6.28. The molecule has 6 rings (SSSR count). The first-order valence-corrected chi connectivity index (χ1v) is 14.0. The van der Waals surface area contributed by atoms with Crippen LogP contribution < -0.4 is 20.1 Å². The number of hydrogen-bond donors (Lipinski definition) is 3. The number of fused-ring (bicyclic) bond motifs is 4. The Morgan fingerprint density at radius 1 is 1.02 bits per heavy atom. The van der Waals surface area contributed by atoms with Gasteiger partial charge in [-0.2, -0.15) is 0 Å². The maximum absolute atomic E-state index is 14.0. The van der Waals surface area contributed by atoms with Crippen molar-refractivity contribution in [1.29, 1.82) is 0 Å². The van der Waals surface area contributed by atoms with Gasteiger partial charge >= 0.3 is 0 Å². The van der Waals surface area contributed by atoms with Gasteiger partial charge in [0.1, 0.15) is 23.6 Å². The van der Waals surface area contributed by atoms with Crippen LogP contribution in [0.25, 0.3) is 10.9 Å². The Bertz CT molecular complexity index is 1700. The van der Waals surface area contributed by atoms with Crippen molar-refractivity contribution in [3.63, 3.8) is 0 Å². The highest BCUT2D eigenvalue weighted by atomic mass is 19.1. The summed E-state index contributed by atoms with van der Waals surface area (Å²) in [5.74, 6) is -3.00. The van der Waals surface area contributed by atoms with E-state index in [1.165, 1.54) is 6.92 Å². The van der Waals surface area contributed by atoms with Crippen LogP contribution in [-0.2, 0) is 40.3 Å². The molecule has 2 atom stereocenters. The highest BCUT2D eigenvalue weighted by Gasteiger charge is 2.34. The van der Waals surface area contributed by atoms with Crippen LogP contribution >= 0.6 is 0 Å². The number of carbonyl (C=O) groups is 3. The number of amides is 3. The van der Waals surface area contributed by atoms with E-state index < -0.39 is 35.4 Å². The van der Waals surface area contributed by atoms with Crippen molar-refractivity contribution in [3.05, 3.63) is 94.7 Å². The van der Waals surface area contributed by atoms with Crippen molar-refractivity contribution in [2.45, 2.75) is 38.9 Å². The van der Waals surface area contributed by atoms with Crippen molar-refractivity contribution in [1.82, 2.24) is 20.5 Å². The third kappa shape index (κ3) is 5.88. The Labute approximate surface area is 246 Å². The Hall–Kier alpha value is -4.93. The minimum absolute atomic E-state index is 0.118. The molecule has 0 fully saturated rings. The molecule has 9 nitrogen and oxygen atoms in total. The number of nitrogens with one attached hydrogen (secondary N) is 3. The molecule has 3 aromatic carbocycles. The molecule has 0 bridgehead atoms. The van der Waals surface area contributed by atoms with Gasteiger partial charge in [-0.1, -0.05) is 24.3 Å². The van der Waals surface area contributed by atoms with Crippen LogP contribution in [0.5, 0.6) is 11.5 Å². The van der Waals surface area contributed by atoms with E-state index in [1.54, 1.807) is 4.90 Å². The van der Waals surface area contributed by atoms with E-state index in [1.807, 2.05) is 42.6 Å². The quantitative estimate of drug-likeness (QED) is 0.272. The van der Waals surface area contributed by atoms with Crippen molar-refractivity contribution < 1.29 is 32.6 Å². The fourth-order valence-electron chi connectivity index (χ4n) is 5.60. The van der Waals surface area contributed by atoms with Crippen molar-refractivity contribution in [2.75, 3.05) is 13.3 Å². The van der Waals surface area contributed by atoms with E-state index in [9.17, 15) is 23.2 Å². The van der Waals surface area contributed by atoms with Gasteiger partial charge in [-0.05, 0) is 54.3 Å². The molecular formula is C32H30F2N4O5. The first-order chi connectivity index (χ1) is 20.8. The smallest absolute Gasteiger partial charge is 0.245 e. The monoisotopic (exact) mass is 588 g/mol. The largest absolute Gasteiger partial charge is 0.454 e. The molecule has 1 aromatic heterocycles. The van der Waals surface area contributed by atoms with Crippen LogP contribution in [0.4, 0.5) is 8.78 Å². The minimum Gasteiger partial charge on any atom is -0.454 e. The lowest BCUT2D eigenvalue weighted by Crippen LogP contribution is -2.53. The fraction of sp³-hybridized carbons (Fsp3) is 0.281. The number of nitrogens with zero attached hydrogens (tertiary/aromatic N) is 1. The first-order valence-electron chi connectivity index (χ1n) is 14.0.